The van der Waals surface area contributed by atoms with E-state index in [1.165, 1.54) is 11.8 Å². The normalized spacial score (nSPS) is 12.0. The van der Waals surface area contributed by atoms with Gasteiger partial charge in [-0.25, -0.2) is 0 Å². The van der Waals surface area contributed by atoms with E-state index in [0.29, 0.717) is 12.2 Å². The molecule has 1 aromatic heterocycles. The number of aromatic nitrogens is 1. The summed E-state index contributed by atoms with van der Waals surface area (Å²) in [7, 11) is 0. The lowest BCUT2D eigenvalue weighted by Crippen LogP contribution is -2.19. The molecule has 98 valence electrons. The Morgan fingerprint density at radius 2 is 1.89 bits per heavy atom. The van der Waals surface area contributed by atoms with Crippen molar-refractivity contribution in [1.29, 1.82) is 0 Å². The van der Waals surface area contributed by atoms with Crippen LogP contribution in [0.2, 0.25) is 0 Å². The van der Waals surface area contributed by atoms with E-state index >= 15 is 0 Å². The molecule has 1 heterocycles. The Kier molecular flexibility index (Phi) is 4.98. The first-order valence-electron chi connectivity index (χ1n) is 6.03. The van der Waals surface area contributed by atoms with Gasteiger partial charge in [0, 0.05) is 18.1 Å². The zero-order valence-corrected chi connectivity index (χ0v) is 11.2. The molecule has 0 spiro atoms. The molecule has 0 bridgehead atoms. The first kappa shape index (κ1) is 13.6. The van der Waals surface area contributed by atoms with Crippen LogP contribution in [-0.4, -0.2) is 21.3 Å². The van der Waals surface area contributed by atoms with E-state index in [9.17, 15) is 9.90 Å². The minimum absolute atomic E-state index is 0.428. The Morgan fingerprint density at radius 1 is 1.16 bits per heavy atom. The highest BCUT2D eigenvalue weighted by Gasteiger charge is 2.18. The Labute approximate surface area is 116 Å². The summed E-state index contributed by atoms with van der Waals surface area (Å²) >= 11 is 1.44. The van der Waals surface area contributed by atoms with E-state index in [4.69, 9.17) is 0 Å². The highest BCUT2D eigenvalue weighted by molar-refractivity contribution is 7.99. The number of hydrogen-bond donors (Lipinski definition) is 1. The fourth-order valence-corrected chi connectivity index (χ4v) is 2.74. The summed E-state index contributed by atoms with van der Waals surface area (Å²) in [5.41, 5.74) is 2.10. The summed E-state index contributed by atoms with van der Waals surface area (Å²) in [6.07, 6.45) is 4.03. The number of carboxylic acid groups (broad SMARTS) is 1. The van der Waals surface area contributed by atoms with Gasteiger partial charge in [-0.3, -0.25) is 9.78 Å². The molecule has 0 radical (unpaired) electrons. The zero-order chi connectivity index (χ0) is 13.5. The van der Waals surface area contributed by atoms with E-state index in [1.807, 2.05) is 42.5 Å². The van der Waals surface area contributed by atoms with Crippen molar-refractivity contribution >= 4 is 17.7 Å². The van der Waals surface area contributed by atoms with Gasteiger partial charge in [0.25, 0.3) is 0 Å². The quantitative estimate of drug-likeness (QED) is 0.879. The molecule has 1 unspecified atom stereocenters. The average molecular weight is 273 g/mol. The van der Waals surface area contributed by atoms with Crippen LogP contribution in [-0.2, 0) is 17.0 Å². The predicted molar refractivity (Wildman–Crippen MR) is 77.1 cm³/mol. The lowest BCUT2D eigenvalue weighted by atomic mass is 10.1. The molecule has 0 amide bonds. The van der Waals surface area contributed by atoms with Crippen molar-refractivity contribution in [2.24, 2.45) is 0 Å². The molecule has 1 aromatic carbocycles. The van der Waals surface area contributed by atoms with E-state index in [0.717, 1.165) is 11.1 Å². The molecule has 19 heavy (non-hydrogen) atoms. The third-order valence-corrected chi connectivity index (χ3v) is 3.98. The molecule has 0 fully saturated rings. The van der Waals surface area contributed by atoms with Gasteiger partial charge < -0.3 is 5.11 Å². The van der Waals surface area contributed by atoms with Gasteiger partial charge >= 0.3 is 5.97 Å². The van der Waals surface area contributed by atoms with Crippen LogP contribution in [0, 0.1) is 0 Å². The lowest BCUT2D eigenvalue weighted by molar-refractivity contribution is -0.136. The topological polar surface area (TPSA) is 50.2 Å². The highest BCUT2D eigenvalue weighted by Crippen LogP contribution is 2.21. The monoisotopic (exact) mass is 273 g/mol. The third kappa shape index (κ3) is 4.41. The van der Waals surface area contributed by atoms with E-state index in [-0.39, 0.29) is 0 Å². The van der Waals surface area contributed by atoms with Crippen molar-refractivity contribution < 1.29 is 9.90 Å². The fraction of sp³-hybridized carbons (Fsp3) is 0.200. The summed E-state index contributed by atoms with van der Waals surface area (Å²) < 4.78 is 0. The lowest BCUT2D eigenvalue weighted by Gasteiger charge is -2.12. The standard InChI is InChI=1S/C15H15NO2S/c17-15(18)14(9-12-5-2-1-3-6-12)19-11-13-7-4-8-16-10-13/h1-8,10,14H,9,11H2,(H,17,18). The van der Waals surface area contributed by atoms with Crippen molar-refractivity contribution in [1.82, 2.24) is 4.98 Å². The van der Waals surface area contributed by atoms with Crippen LogP contribution in [0.15, 0.2) is 54.9 Å². The van der Waals surface area contributed by atoms with Crippen LogP contribution in [0.4, 0.5) is 0 Å². The number of pyridine rings is 1. The second-order valence-electron chi connectivity index (χ2n) is 4.19. The third-order valence-electron chi connectivity index (χ3n) is 2.71. The summed E-state index contributed by atoms with van der Waals surface area (Å²) in [5.74, 6) is -0.102. The van der Waals surface area contributed by atoms with Crippen molar-refractivity contribution in [3.63, 3.8) is 0 Å². The molecule has 0 aliphatic carbocycles. The molecule has 0 saturated heterocycles. The number of thioether (sulfide) groups is 1. The first-order chi connectivity index (χ1) is 9.25. The molecule has 0 aliphatic rings. The van der Waals surface area contributed by atoms with Crippen LogP contribution in [0.1, 0.15) is 11.1 Å². The molecule has 0 saturated carbocycles. The van der Waals surface area contributed by atoms with Gasteiger partial charge in [0.05, 0.1) is 0 Å². The number of benzene rings is 1. The van der Waals surface area contributed by atoms with Gasteiger partial charge in [0.2, 0.25) is 0 Å². The van der Waals surface area contributed by atoms with Gasteiger partial charge in [-0.05, 0) is 23.6 Å². The predicted octanol–water partition coefficient (Wildman–Crippen LogP) is 3.01. The number of carboxylic acids is 1. The minimum atomic E-state index is -0.766. The molecule has 3 nitrogen and oxygen atoms in total. The van der Waals surface area contributed by atoms with Crippen molar-refractivity contribution in [3.8, 4) is 0 Å². The minimum Gasteiger partial charge on any atom is -0.480 e. The molecule has 2 aromatic rings. The summed E-state index contributed by atoms with van der Waals surface area (Å²) in [6, 6.07) is 13.5. The van der Waals surface area contributed by atoms with Gasteiger partial charge in [-0.15, -0.1) is 11.8 Å². The number of hydrogen-bond acceptors (Lipinski definition) is 3. The first-order valence-corrected chi connectivity index (χ1v) is 7.08. The Hall–Kier alpha value is -1.81. The van der Waals surface area contributed by atoms with Crippen molar-refractivity contribution in [2.75, 3.05) is 0 Å². The van der Waals surface area contributed by atoms with Gasteiger partial charge in [-0.2, -0.15) is 0 Å². The highest BCUT2D eigenvalue weighted by atomic mass is 32.2. The Bertz CT molecular complexity index is 516. The molecule has 1 N–H and O–H groups in total. The van der Waals surface area contributed by atoms with Crippen molar-refractivity contribution in [2.45, 2.75) is 17.4 Å². The summed E-state index contributed by atoms with van der Waals surface area (Å²) in [6.45, 7) is 0. The number of nitrogens with zero attached hydrogens (tertiary/aromatic N) is 1. The van der Waals surface area contributed by atoms with Crippen LogP contribution in [0.5, 0.6) is 0 Å². The molecular formula is C15H15NO2S. The molecule has 1 atom stereocenters. The maximum Gasteiger partial charge on any atom is 0.316 e. The van der Waals surface area contributed by atoms with Gasteiger partial charge in [0.1, 0.15) is 5.25 Å². The number of aliphatic carboxylic acids is 1. The SMILES string of the molecule is O=C(O)C(Cc1ccccc1)SCc1cccnc1. The maximum atomic E-state index is 11.3. The van der Waals surface area contributed by atoms with Gasteiger partial charge in [0.15, 0.2) is 0 Å². The Morgan fingerprint density at radius 3 is 2.53 bits per heavy atom. The zero-order valence-electron chi connectivity index (χ0n) is 10.4. The molecular weight excluding hydrogens is 258 g/mol. The van der Waals surface area contributed by atoms with Crippen LogP contribution < -0.4 is 0 Å². The molecule has 0 aliphatic heterocycles. The van der Waals surface area contributed by atoms with Crippen LogP contribution >= 0.6 is 11.8 Å². The summed E-state index contributed by atoms with van der Waals surface area (Å²) in [5, 5.41) is 8.85. The van der Waals surface area contributed by atoms with Gasteiger partial charge in [-0.1, -0.05) is 36.4 Å². The molecule has 4 heteroatoms. The second kappa shape index (κ2) is 6.95. The smallest absolute Gasteiger partial charge is 0.316 e. The average Bonchev–Trinajstić information content (AvgIpc) is 2.45. The molecule has 2 rings (SSSR count). The van der Waals surface area contributed by atoms with Crippen molar-refractivity contribution in [3.05, 3.63) is 66.0 Å². The number of rotatable bonds is 6. The second-order valence-corrected chi connectivity index (χ2v) is 5.38. The fourth-order valence-electron chi connectivity index (χ4n) is 1.73. The van der Waals surface area contributed by atoms with E-state index < -0.39 is 11.2 Å². The Balaban J connectivity index is 1.95. The van der Waals surface area contributed by atoms with Crippen LogP contribution in [0.3, 0.4) is 0 Å². The van der Waals surface area contributed by atoms with Crippen LogP contribution in [0.25, 0.3) is 0 Å². The summed E-state index contributed by atoms with van der Waals surface area (Å²) in [4.78, 5) is 15.3. The maximum absolute atomic E-state index is 11.3. The largest absolute Gasteiger partial charge is 0.480 e. The van der Waals surface area contributed by atoms with E-state index in [1.54, 1.807) is 12.4 Å². The van der Waals surface area contributed by atoms with E-state index in [2.05, 4.69) is 4.98 Å². The number of carbonyl (C=O) groups is 1.